The van der Waals surface area contributed by atoms with E-state index in [0.29, 0.717) is 0 Å². The molecule has 12 heavy (non-hydrogen) atoms. The molecule has 0 amide bonds. The molecule has 0 fully saturated rings. The average molecular weight is 170 g/mol. The van der Waals surface area contributed by atoms with E-state index >= 15 is 0 Å². The summed E-state index contributed by atoms with van der Waals surface area (Å²) in [6.07, 6.45) is 0. The molecule has 0 radical (unpaired) electrons. The van der Waals surface area contributed by atoms with E-state index in [-0.39, 0.29) is 35.3 Å². The van der Waals surface area contributed by atoms with Crippen LogP contribution in [0.2, 0.25) is 0 Å². The second-order valence-electron chi connectivity index (χ2n) is 2.70. The van der Waals surface area contributed by atoms with E-state index in [9.17, 15) is 5.11 Å². The van der Waals surface area contributed by atoms with Crippen molar-refractivity contribution in [1.29, 1.82) is 0 Å². The molecule has 0 atom stereocenters. The summed E-state index contributed by atoms with van der Waals surface area (Å²) < 4.78 is 0. The summed E-state index contributed by atoms with van der Waals surface area (Å²) in [6.45, 7) is 3.66. The fraction of sp³-hybridized carbons (Fsp3) is 0.200. The van der Waals surface area contributed by atoms with Crippen molar-refractivity contribution in [2.75, 3.05) is 0 Å². The summed E-state index contributed by atoms with van der Waals surface area (Å²) in [5.41, 5.74) is 1.60. The minimum Gasteiger partial charge on any atom is -0.872 e. The zero-order chi connectivity index (χ0) is 8.27. The summed E-state index contributed by atoms with van der Waals surface area (Å²) in [4.78, 5) is 0. The molecule has 0 aromatic heterocycles. The Hall–Kier alpha value is -0.240. The maximum Gasteiger partial charge on any atom is 1.00 e. The van der Waals surface area contributed by atoms with Crippen molar-refractivity contribution in [1.82, 2.24) is 0 Å². The van der Waals surface area contributed by atoms with Gasteiger partial charge in [0.1, 0.15) is 0 Å². The van der Waals surface area contributed by atoms with Gasteiger partial charge in [0.2, 0.25) is 0 Å². The van der Waals surface area contributed by atoms with E-state index in [0.717, 1.165) is 11.1 Å². The molecule has 1 rings (SSSR count). The second kappa shape index (κ2) is 5.41. The van der Waals surface area contributed by atoms with Crippen LogP contribution in [0.15, 0.2) is 35.9 Å². The second-order valence-corrected chi connectivity index (χ2v) is 2.70. The monoisotopic (exact) mass is 170 g/mol. The van der Waals surface area contributed by atoms with Crippen molar-refractivity contribution in [3.05, 3.63) is 41.5 Å². The van der Waals surface area contributed by atoms with Crippen molar-refractivity contribution in [2.24, 2.45) is 0 Å². The Morgan fingerprint density at radius 1 is 1.08 bits per heavy atom. The number of hydrogen-bond donors (Lipinski definition) is 0. The average Bonchev–Trinajstić information content (AvgIpc) is 2.05. The van der Waals surface area contributed by atoms with E-state index in [1.54, 1.807) is 0 Å². The third-order valence-corrected chi connectivity index (χ3v) is 1.49. The van der Waals surface area contributed by atoms with Crippen LogP contribution in [0.3, 0.4) is 0 Å². The number of allylic oxidation sites excluding steroid dienone is 1. The standard InChI is InChI=1S/C10H12O.Na/c1-8(2)10(11)9-6-4-3-5-7-9;/h3-7,11H,1-2H3;/q;+1/p-1. The van der Waals surface area contributed by atoms with E-state index < -0.39 is 0 Å². The summed E-state index contributed by atoms with van der Waals surface area (Å²) in [6, 6.07) is 9.30. The summed E-state index contributed by atoms with van der Waals surface area (Å²) >= 11 is 0. The van der Waals surface area contributed by atoms with Crippen LogP contribution in [0.4, 0.5) is 0 Å². The van der Waals surface area contributed by atoms with Crippen LogP contribution in [0, 0.1) is 0 Å². The van der Waals surface area contributed by atoms with Crippen LogP contribution in [-0.2, 0) is 0 Å². The maximum absolute atomic E-state index is 11.3. The molecule has 1 aromatic rings. The zero-order valence-corrected chi connectivity index (χ0v) is 9.79. The molecule has 1 aromatic carbocycles. The maximum atomic E-state index is 11.3. The minimum absolute atomic E-state index is 0. The third-order valence-electron chi connectivity index (χ3n) is 1.49. The first-order valence-corrected chi connectivity index (χ1v) is 3.61. The van der Waals surface area contributed by atoms with Crippen molar-refractivity contribution in [3.8, 4) is 0 Å². The molecule has 58 valence electrons. The van der Waals surface area contributed by atoms with Gasteiger partial charge < -0.3 is 5.11 Å². The molecular weight excluding hydrogens is 159 g/mol. The molecule has 0 aliphatic rings. The molecular formula is C10H11NaO. The molecule has 0 heterocycles. The largest absolute Gasteiger partial charge is 1.00 e. The fourth-order valence-electron chi connectivity index (χ4n) is 0.878. The number of benzene rings is 1. The van der Waals surface area contributed by atoms with Crippen molar-refractivity contribution < 1.29 is 34.7 Å². The molecule has 2 heteroatoms. The van der Waals surface area contributed by atoms with Gasteiger partial charge >= 0.3 is 29.6 Å². The van der Waals surface area contributed by atoms with E-state index in [4.69, 9.17) is 0 Å². The van der Waals surface area contributed by atoms with E-state index in [1.165, 1.54) is 0 Å². The first-order chi connectivity index (χ1) is 5.22. The Bertz CT molecular complexity index is 260. The Labute approximate surface area is 95.4 Å². The van der Waals surface area contributed by atoms with Crippen molar-refractivity contribution in [2.45, 2.75) is 13.8 Å². The van der Waals surface area contributed by atoms with Gasteiger partial charge in [-0.2, -0.15) is 0 Å². The molecule has 0 spiro atoms. The van der Waals surface area contributed by atoms with Crippen LogP contribution in [0.1, 0.15) is 19.4 Å². The van der Waals surface area contributed by atoms with Gasteiger partial charge in [0.05, 0.1) is 0 Å². The number of rotatable bonds is 1. The topological polar surface area (TPSA) is 23.1 Å². The molecule has 0 N–H and O–H groups in total. The zero-order valence-electron chi connectivity index (χ0n) is 7.79. The van der Waals surface area contributed by atoms with Gasteiger partial charge in [-0.15, -0.1) is 5.76 Å². The Kier molecular flexibility index (Phi) is 5.31. The van der Waals surface area contributed by atoms with Gasteiger partial charge in [0.15, 0.2) is 0 Å². The molecule has 0 bridgehead atoms. The molecule has 0 unspecified atom stereocenters. The van der Waals surface area contributed by atoms with Gasteiger partial charge in [-0.3, -0.25) is 0 Å². The molecule has 0 aliphatic heterocycles. The molecule has 0 aliphatic carbocycles. The van der Waals surface area contributed by atoms with Gasteiger partial charge in [0, 0.05) is 0 Å². The van der Waals surface area contributed by atoms with E-state index in [2.05, 4.69) is 0 Å². The fourth-order valence-corrected chi connectivity index (χ4v) is 0.878. The first kappa shape index (κ1) is 11.8. The van der Waals surface area contributed by atoms with Crippen LogP contribution in [0.5, 0.6) is 0 Å². The Morgan fingerprint density at radius 2 is 1.58 bits per heavy atom. The molecule has 0 saturated carbocycles. The van der Waals surface area contributed by atoms with Crippen molar-refractivity contribution in [3.63, 3.8) is 0 Å². The normalized spacial score (nSPS) is 8.50. The van der Waals surface area contributed by atoms with E-state index in [1.807, 2.05) is 44.2 Å². The van der Waals surface area contributed by atoms with Gasteiger partial charge in [-0.05, 0) is 19.4 Å². The third kappa shape index (κ3) is 3.02. The smallest absolute Gasteiger partial charge is 0.872 e. The molecule has 1 nitrogen and oxygen atoms in total. The first-order valence-electron chi connectivity index (χ1n) is 3.61. The molecule has 0 saturated heterocycles. The van der Waals surface area contributed by atoms with Crippen LogP contribution in [0.25, 0.3) is 5.76 Å². The van der Waals surface area contributed by atoms with Crippen molar-refractivity contribution >= 4 is 5.76 Å². The predicted molar refractivity (Wildman–Crippen MR) is 44.7 cm³/mol. The summed E-state index contributed by atoms with van der Waals surface area (Å²) in [5.74, 6) is 0.130. The summed E-state index contributed by atoms with van der Waals surface area (Å²) in [5, 5.41) is 11.3. The Morgan fingerprint density at radius 3 is 2.00 bits per heavy atom. The van der Waals surface area contributed by atoms with Gasteiger partial charge in [-0.1, -0.05) is 35.9 Å². The quantitative estimate of drug-likeness (QED) is 0.383. The summed E-state index contributed by atoms with van der Waals surface area (Å²) in [7, 11) is 0. The SMILES string of the molecule is CC(C)=C([O-])c1ccccc1.[Na+]. The predicted octanol–water partition coefficient (Wildman–Crippen LogP) is -1.20. The van der Waals surface area contributed by atoms with Crippen LogP contribution in [-0.4, -0.2) is 0 Å². The Balaban J connectivity index is 0.00000121. The van der Waals surface area contributed by atoms with Gasteiger partial charge in [-0.25, -0.2) is 0 Å². The minimum atomic E-state index is 0. The van der Waals surface area contributed by atoms with Crippen LogP contribution < -0.4 is 34.7 Å². The van der Waals surface area contributed by atoms with Gasteiger partial charge in [0.25, 0.3) is 0 Å². The number of hydrogen-bond acceptors (Lipinski definition) is 1. The van der Waals surface area contributed by atoms with Crippen LogP contribution >= 0.6 is 0 Å².